The summed E-state index contributed by atoms with van der Waals surface area (Å²) in [5.74, 6) is 1.79. The summed E-state index contributed by atoms with van der Waals surface area (Å²) in [4.78, 5) is 0. The van der Waals surface area contributed by atoms with E-state index in [4.69, 9.17) is 9.47 Å². The predicted octanol–water partition coefficient (Wildman–Crippen LogP) is 1.67. The van der Waals surface area contributed by atoms with Crippen molar-refractivity contribution in [3.05, 3.63) is 35.4 Å². The van der Waals surface area contributed by atoms with Gasteiger partial charge in [0, 0.05) is 11.5 Å². The molecule has 0 bridgehead atoms. The normalized spacial score (nSPS) is 31.7. The van der Waals surface area contributed by atoms with Crippen molar-refractivity contribution in [1.29, 1.82) is 0 Å². The molecule has 2 fully saturated rings. The van der Waals surface area contributed by atoms with E-state index in [1.165, 1.54) is 11.1 Å². The van der Waals surface area contributed by atoms with Gasteiger partial charge in [0.15, 0.2) is 0 Å². The molecule has 0 aliphatic carbocycles. The molecule has 0 aromatic heterocycles. The van der Waals surface area contributed by atoms with E-state index in [2.05, 4.69) is 24.3 Å². The number of rotatable bonds is 6. The van der Waals surface area contributed by atoms with Crippen LogP contribution in [0.5, 0.6) is 0 Å². The van der Waals surface area contributed by atoms with Gasteiger partial charge in [0.25, 0.3) is 0 Å². The van der Waals surface area contributed by atoms with E-state index in [0.29, 0.717) is 26.4 Å². The van der Waals surface area contributed by atoms with E-state index < -0.39 is 0 Å². The third kappa shape index (κ3) is 4.40. The van der Waals surface area contributed by atoms with E-state index in [9.17, 15) is 10.2 Å². The molecule has 0 amide bonds. The Hall–Kier alpha value is -0.240. The van der Waals surface area contributed by atoms with E-state index in [0.717, 1.165) is 11.5 Å². The molecule has 122 valence electrons. The SMILES string of the molecule is O[C@@H]1COC[C@H]1SCc1ccc(CS[C@@H]2COC[C@H]2O)cc1. The highest BCUT2D eigenvalue weighted by Crippen LogP contribution is 2.27. The van der Waals surface area contributed by atoms with Crippen molar-refractivity contribution in [3.8, 4) is 0 Å². The predicted molar refractivity (Wildman–Crippen MR) is 90.3 cm³/mol. The van der Waals surface area contributed by atoms with Gasteiger partial charge >= 0.3 is 0 Å². The van der Waals surface area contributed by atoms with Crippen LogP contribution in [0.3, 0.4) is 0 Å². The van der Waals surface area contributed by atoms with Crippen LogP contribution in [-0.2, 0) is 21.0 Å². The summed E-state index contributed by atoms with van der Waals surface area (Å²) in [6, 6.07) is 8.58. The van der Waals surface area contributed by atoms with Gasteiger partial charge < -0.3 is 19.7 Å². The Balaban J connectivity index is 1.43. The molecule has 2 aliphatic heterocycles. The molecule has 3 rings (SSSR count). The van der Waals surface area contributed by atoms with Crippen molar-refractivity contribution in [2.24, 2.45) is 0 Å². The van der Waals surface area contributed by atoms with Crippen LogP contribution in [0.4, 0.5) is 0 Å². The highest BCUT2D eigenvalue weighted by atomic mass is 32.2. The van der Waals surface area contributed by atoms with Gasteiger partial charge in [0.05, 0.1) is 49.1 Å². The molecule has 22 heavy (non-hydrogen) atoms. The van der Waals surface area contributed by atoms with Crippen LogP contribution in [0.25, 0.3) is 0 Å². The van der Waals surface area contributed by atoms with Crippen LogP contribution in [0, 0.1) is 0 Å². The average molecular weight is 342 g/mol. The Kier molecular flexibility index (Phi) is 6.07. The van der Waals surface area contributed by atoms with Crippen LogP contribution in [0.2, 0.25) is 0 Å². The molecule has 4 atom stereocenters. The van der Waals surface area contributed by atoms with Crippen LogP contribution >= 0.6 is 23.5 Å². The Labute approximate surface area is 139 Å². The molecule has 2 heterocycles. The molecule has 0 spiro atoms. The maximum Gasteiger partial charge on any atom is 0.0914 e. The largest absolute Gasteiger partial charge is 0.389 e. The highest BCUT2D eigenvalue weighted by molar-refractivity contribution is 7.99. The van der Waals surface area contributed by atoms with Gasteiger partial charge in [-0.2, -0.15) is 0 Å². The number of thioether (sulfide) groups is 2. The van der Waals surface area contributed by atoms with Crippen molar-refractivity contribution in [2.75, 3.05) is 26.4 Å². The summed E-state index contributed by atoms with van der Waals surface area (Å²) in [6.07, 6.45) is -0.665. The summed E-state index contributed by atoms with van der Waals surface area (Å²) in [5.41, 5.74) is 2.53. The van der Waals surface area contributed by atoms with E-state index in [1.54, 1.807) is 23.5 Å². The number of benzene rings is 1. The minimum Gasteiger partial charge on any atom is -0.389 e. The van der Waals surface area contributed by atoms with Gasteiger partial charge in [0.2, 0.25) is 0 Å². The summed E-state index contributed by atoms with van der Waals surface area (Å²) in [6.45, 7) is 2.22. The second kappa shape index (κ2) is 8.04. The Morgan fingerprint density at radius 2 is 1.18 bits per heavy atom. The Bertz CT molecular complexity index is 425. The molecule has 6 heteroatoms. The van der Waals surface area contributed by atoms with E-state index in [1.807, 2.05) is 0 Å². The minimum absolute atomic E-state index is 0.194. The zero-order valence-electron chi connectivity index (χ0n) is 12.4. The zero-order valence-corrected chi connectivity index (χ0v) is 14.0. The number of ether oxygens (including phenoxy) is 2. The molecule has 1 aromatic carbocycles. The van der Waals surface area contributed by atoms with Gasteiger partial charge in [-0.3, -0.25) is 0 Å². The molecule has 2 saturated heterocycles. The zero-order chi connectivity index (χ0) is 15.4. The first-order valence-corrected chi connectivity index (χ1v) is 9.65. The van der Waals surface area contributed by atoms with Crippen molar-refractivity contribution in [2.45, 2.75) is 34.2 Å². The number of aliphatic hydroxyl groups excluding tert-OH is 2. The molecule has 0 radical (unpaired) electrons. The molecule has 0 unspecified atom stereocenters. The first kappa shape index (κ1) is 16.6. The van der Waals surface area contributed by atoms with Gasteiger partial charge in [-0.25, -0.2) is 0 Å². The molecular formula is C16H22O4S2. The van der Waals surface area contributed by atoms with Crippen LogP contribution in [-0.4, -0.2) is 59.3 Å². The van der Waals surface area contributed by atoms with Gasteiger partial charge in [-0.05, 0) is 11.1 Å². The summed E-state index contributed by atoms with van der Waals surface area (Å²) >= 11 is 3.51. The second-order valence-corrected chi connectivity index (χ2v) is 8.18. The lowest BCUT2D eigenvalue weighted by Crippen LogP contribution is -2.20. The lowest BCUT2D eigenvalue weighted by Gasteiger charge is -2.13. The van der Waals surface area contributed by atoms with Crippen molar-refractivity contribution < 1.29 is 19.7 Å². The molecule has 2 aliphatic rings. The van der Waals surface area contributed by atoms with E-state index in [-0.39, 0.29) is 22.7 Å². The number of aliphatic hydroxyl groups is 2. The monoisotopic (exact) mass is 342 g/mol. The lowest BCUT2D eigenvalue weighted by atomic mass is 10.2. The Morgan fingerprint density at radius 1 is 0.773 bits per heavy atom. The van der Waals surface area contributed by atoms with Gasteiger partial charge in [0.1, 0.15) is 0 Å². The van der Waals surface area contributed by atoms with Crippen LogP contribution in [0.15, 0.2) is 24.3 Å². The molecule has 2 N–H and O–H groups in total. The minimum atomic E-state index is -0.333. The highest BCUT2D eigenvalue weighted by Gasteiger charge is 2.27. The maximum absolute atomic E-state index is 9.73. The standard InChI is InChI=1S/C16H22O4S2/c17-13-5-19-7-15(13)21-9-11-1-2-12(4-3-11)10-22-16-8-20-6-14(16)18/h1-4,13-18H,5-10H2/t13-,14-,15-,16-/m1/s1. The first-order valence-electron chi connectivity index (χ1n) is 7.55. The lowest BCUT2D eigenvalue weighted by molar-refractivity contribution is 0.127. The summed E-state index contributed by atoms with van der Waals surface area (Å²) < 4.78 is 10.5. The molecule has 1 aromatic rings. The third-order valence-electron chi connectivity index (χ3n) is 3.95. The summed E-state index contributed by atoms with van der Waals surface area (Å²) in [5, 5.41) is 19.8. The van der Waals surface area contributed by atoms with Crippen LogP contribution in [0.1, 0.15) is 11.1 Å². The average Bonchev–Trinajstić information content (AvgIpc) is 3.12. The fourth-order valence-corrected chi connectivity index (χ4v) is 4.69. The number of hydrogen-bond acceptors (Lipinski definition) is 6. The quantitative estimate of drug-likeness (QED) is 0.820. The summed E-state index contributed by atoms with van der Waals surface area (Å²) in [7, 11) is 0. The van der Waals surface area contributed by atoms with Crippen LogP contribution < -0.4 is 0 Å². The maximum atomic E-state index is 9.73. The van der Waals surface area contributed by atoms with Crippen molar-refractivity contribution >= 4 is 23.5 Å². The molecular weight excluding hydrogens is 320 g/mol. The molecule has 0 saturated carbocycles. The van der Waals surface area contributed by atoms with E-state index >= 15 is 0 Å². The van der Waals surface area contributed by atoms with Gasteiger partial charge in [-0.15, -0.1) is 23.5 Å². The topological polar surface area (TPSA) is 58.9 Å². The fraction of sp³-hybridized carbons (Fsp3) is 0.625. The smallest absolute Gasteiger partial charge is 0.0914 e. The Morgan fingerprint density at radius 3 is 1.50 bits per heavy atom. The fourth-order valence-electron chi connectivity index (χ4n) is 2.50. The van der Waals surface area contributed by atoms with Crippen molar-refractivity contribution in [1.82, 2.24) is 0 Å². The van der Waals surface area contributed by atoms with Crippen molar-refractivity contribution in [3.63, 3.8) is 0 Å². The second-order valence-electron chi connectivity index (χ2n) is 5.73. The first-order chi connectivity index (χ1) is 10.7. The third-order valence-corrected chi connectivity index (χ3v) is 6.71. The van der Waals surface area contributed by atoms with Gasteiger partial charge in [-0.1, -0.05) is 24.3 Å². The molecule has 4 nitrogen and oxygen atoms in total. The number of hydrogen-bond donors (Lipinski definition) is 2.